The Kier molecular flexibility index (Phi) is 5.13. The number of halogens is 1. The summed E-state index contributed by atoms with van der Waals surface area (Å²) in [7, 11) is 1.67. The predicted molar refractivity (Wildman–Crippen MR) is 82.9 cm³/mol. The third-order valence-corrected chi connectivity index (χ3v) is 3.20. The number of benzene rings is 2. The standard InChI is InChI=1S/C16H18ClNO2/c1-3-20-16-9-8-13(10-14(16)17)18-11-12-6-4-5-7-15(12)19-2/h4-10,18H,3,11H2,1-2H3. The molecule has 0 heterocycles. The number of rotatable bonds is 6. The number of para-hydroxylation sites is 1. The number of hydrogen-bond acceptors (Lipinski definition) is 3. The minimum Gasteiger partial charge on any atom is -0.496 e. The van der Waals surface area contributed by atoms with Crippen molar-refractivity contribution in [3.05, 3.63) is 53.1 Å². The van der Waals surface area contributed by atoms with Crippen molar-refractivity contribution in [1.82, 2.24) is 0 Å². The number of anilines is 1. The van der Waals surface area contributed by atoms with Gasteiger partial charge in [0.25, 0.3) is 0 Å². The second-order valence-electron chi connectivity index (χ2n) is 4.24. The summed E-state index contributed by atoms with van der Waals surface area (Å²) in [6.45, 7) is 3.21. The number of methoxy groups -OCH3 is 1. The molecule has 0 unspecified atom stereocenters. The van der Waals surface area contributed by atoms with Crippen LogP contribution in [0.25, 0.3) is 0 Å². The molecule has 0 saturated heterocycles. The highest BCUT2D eigenvalue weighted by atomic mass is 35.5. The molecule has 4 heteroatoms. The topological polar surface area (TPSA) is 30.5 Å². The predicted octanol–water partition coefficient (Wildman–Crippen LogP) is 4.36. The van der Waals surface area contributed by atoms with E-state index in [9.17, 15) is 0 Å². The van der Waals surface area contributed by atoms with Crippen molar-refractivity contribution < 1.29 is 9.47 Å². The van der Waals surface area contributed by atoms with Crippen LogP contribution < -0.4 is 14.8 Å². The molecule has 0 saturated carbocycles. The Morgan fingerprint density at radius 1 is 1.10 bits per heavy atom. The lowest BCUT2D eigenvalue weighted by Crippen LogP contribution is -2.02. The third kappa shape index (κ3) is 3.58. The van der Waals surface area contributed by atoms with Gasteiger partial charge >= 0.3 is 0 Å². The zero-order valence-electron chi connectivity index (χ0n) is 11.7. The zero-order valence-corrected chi connectivity index (χ0v) is 12.4. The van der Waals surface area contributed by atoms with Gasteiger partial charge in [-0.3, -0.25) is 0 Å². The summed E-state index contributed by atoms with van der Waals surface area (Å²) >= 11 is 6.16. The molecule has 0 amide bonds. The van der Waals surface area contributed by atoms with Crippen LogP contribution in [-0.4, -0.2) is 13.7 Å². The van der Waals surface area contributed by atoms with Gasteiger partial charge in [0.2, 0.25) is 0 Å². The summed E-state index contributed by atoms with van der Waals surface area (Å²) in [6, 6.07) is 13.6. The Balaban J connectivity index is 2.05. The first-order valence-electron chi connectivity index (χ1n) is 6.52. The molecule has 2 aromatic rings. The van der Waals surface area contributed by atoms with Gasteiger partial charge in [0, 0.05) is 17.8 Å². The largest absolute Gasteiger partial charge is 0.496 e. The van der Waals surface area contributed by atoms with E-state index in [1.165, 1.54) is 0 Å². The quantitative estimate of drug-likeness (QED) is 0.858. The second kappa shape index (κ2) is 7.06. The first-order chi connectivity index (χ1) is 9.74. The van der Waals surface area contributed by atoms with Gasteiger partial charge in [-0.05, 0) is 31.2 Å². The Hall–Kier alpha value is -1.87. The summed E-state index contributed by atoms with van der Waals surface area (Å²) in [5.41, 5.74) is 2.05. The molecule has 1 N–H and O–H groups in total. The van der Waals surface area contributed by atoms with E-state index in [4.69, 9.17) is 21.1 Å². The Labute approximate surface area is 124 Å². The molecule has 0 aliphatic rings. The SMILES string of the molecule is CCOc1ccc(NCc2ccccc2OC)cc1Cl. The minimum atomic E-state index is 0.605. The fourth-order valence-corrected chi connectivity index (χ4v) is 2.16. The molecule has 0 aliphatic carbocycles. The normalized spacial score (nSPS) is 10.2. The summed E-state index contributed by atoms with van der Waals surface area (Å²) in [5.74, 6) is 1.58. The van der Waals surface area contributed by atoms with Crippen molar-refractivity contribution in [1.29, 1.82) is 0 Å². The Morgan fingerprint density at radius 3 is 2.60 bits per heavy atom. The van der Waals surface area contributed by atoms with Gasteiger partial charge in [-0.2, -0.15) is 0 Å². The van der Waals surface area contributed by atoms with Gasteiger partial charge in [-0.25, -0.2) is 0 Å². The van der Waals surface area contributed by atoms with Crippen molar-refractivity contribution in [2.24, 2.45) is 0 Å². The van der Waals surface area contributed by atoms with E-state index in [0.717, 1.165) is 17.0 Å². The van der Waals surface area contributed by atoms with Gasteiger partial charge in [-0.15, -0.1) is 0 Å². The van der Waals surface area contributed by atoms with Crippen molar-refractivity contribution in [3.63, 3.8) is 0 Å². The molecular weight excluding hydrogens is 274 g/mol. The first kappa shape index (κ1) is 14.5. The van der Waals surface area contributed by atoms with Gasteiger partial charge in [0.15, 0.2) is 0 Å². The lowest BCUT2D eigenvalue weighted by Gasteiger charge is -2.12. The average molecular weight is 292 g/mol. The van der Waals surface area contributed by atoms with E-state index in [-0.39, 0.29) is 0 Å². The van der Waals surface area contributed by atoms with Crippen molar-refractivity contribution >= 4 is 17.3 Å². The van der Waals surface area contributed by atoms with Gasteiger partial charge < -0.3 is 14.8 Å². The van der Waals surface area contributed by atoms with E-state index >= 15 is 0 Å². The molecule has 2 rings (SSSR count). The van der Waals surface area contributed by atoms with Crippen LogP contribution in [0.3, 0.4) is 0 Å². The van der Waals surface area contributed by atoms with Crippen LogP contribution in [0.4, 0.5) is 5.69 Å². The van der Waals surface area contributed by atoms with Crippen LogP contribution in [0.2, 0.25) is 5.02 Å². The van der Waals surface area contributed by atoms with E-state index in [1.54, 1.807) is 7.11 Å². The molecule has 0 bridgehead atoms. The van der Waals surface area contributed by atoms with Crippen molar-refractivity contribution in [2.75, 3.05) is 19.0 Å². The highest BCUT2D eigenvalue weighted by molar-refractivity contribution is 6.32. The van der Waals surface area contributed by atoms with Gasteiger partial charge in [-0.1, -0.05) is 29.8 Å². The van der Waals surface area contributed by atoms with Gasteiger partial charge in [0.05, 0.1) is 18.7 Å². The molecule has 106 valence electrons. The number of hydrogen-bond donors (Lipinski definition) is 1. The molecular formula is C16H18ClNO2. The van der Waals surface area contributed by atoms with Crippen LogP contribution in [0, 0.1) is 0 Å². The maximum Gasteiger partial charge on any atom is 0.138 e. The molecule has 0 radical (unpaired) electrons. The molecule has 0 spiro atoms. The second-order valence-corrected chi connectivity index (χ2v) is 4.65. The smallest absolute Gasteiger partial charge is 0.138 e. The van der Waals surface area contributed by atoms with Gasteiger partial charge in [0.1, 0.15) is 11.5 Å². The summed E-state index contributed by atoms with van der Waals surface area (Å²) in [5, 5.41) is 3.93. The molecule has 0 fully saturated rings. The molecule has 20 heavy (non-hydrogen) atoms. The number of ether oxygens (including phenoxy) is 2. The Bertz CT molecular complexity index is 572. The van der Waals surface area contributed by atoms with Crippen LogP contribution in [0.5, 0.6) is 11.5 Å². The molecule has 0 aliphatic heterocycles. The third-order valence-electron chi connectivity index (χ3n) is 2.91. The highest BCUT2D eigenvalue weighted by Crippen LogP contribution is 2.28. The maximum absolute atomic E-state index is 6.16. The molecule has 2 aromatic carbocycles. The summed E-state index contributed by atoms with van der Waals surface area (Å²) in [4.78, 5) is 0. The van der Waals surface area contributed by atoms with E-state index in [1.807, 2.05) is 49.4 Å². The van der Waals surface area contributed by atoms with Crippen molar-refractivity contribution in [2.45, 2.75) is 13.5 Å². The first-order valence-corrected chi connectivity index (χ1v) is 6.90. The molecule has 0 aromatic heterocycles. The zero-order chi connectivity index (χ0) is 14.4. The Morgan fingerprint density at radius 2 is 1.90 bits per heavy atom. The lowest BCUT2D eigenvalue weighted by atomic mass is 10.2. The fourth-order valence-electron chi connectivity index (χ4n) is 1.93. The van der Waals surface area contributed by atoms with Crippen LogP contribution in [0.15, 0.2) is 42.5 Å². The monoisotopic (exact) mass is 291 g/mol. The summed E-state index contributed by atoms with van der Waals surface area (Å²) in [6.07, 6.45) is 0. The number of nitrogens with one attached hydrogen (secondary N) is 1. The molecule has 0 atom stereocenters. The van der Waals surface area contributed by atoms with Crippen LogP contribution in [0.1, 0.15) is 12.5 Å². The fraction of sp³-hybridized carbons (Fsp3) is 0.250. The minimum absolute atomic E-state index is 0.605. The van der Waals surface area contributed by atoms with Crippen LogP contribution in [-0.2, 0) is 6.54 Å². The van der Waals surface area contributed by atoms with E-state index in [0.29, 0.717) is 23.9 Å². The maximum atomic E-state index is 6.16. The van der Waals surface area contributed by atoms with Crippen LogP contribution >= 0.6 is 11.6 Å². The van der Waals surface area contributed by atoms with E-state index < -0.39 is 0 Å². The highest BCUT2D eigenvalue weighted by Gasteiger charge is 2.04. The average Bonchev–Trinajstić information content (AvgIpc) is 2.48. The van der Waals surface area contributed by atoms with Crippen molar-refractivity contribution in [3.8, 4) is 11.5 Å². The lowest BCUT2D eigenvalue weighted by molar-refractivity contribution is 0.340. The molecule has 3 nitrogen and oxygen atoms in total. The summed E-state index contributed by atoms with van der Waals surface area (Å²) < 4.78 is 10.7. The van der Waals surface area contributed by atoms with E-state index in [2.05, 4.69) is 5.32 Å².